The van der Waals surface area contributed by atoms with Crippen LogP contribution in [-0.2, 0) is 10.0 Å². The molecule has 0 amide bonds. The first-order chi connectivity index (χ1) is 8.46. The number of phenols is 1. The molecule has 0 aromatic heterocycles. The molecule has 1 fully saturated rings. The van der Waals surface area contributed by atoms with E-state index in [1.165, 1.54) is 18.2 Å². The van der Waals surface area contributed by atoms with Crippen LogP contribution in [0.4, 0.5) is 0 Å². The molecule has 0 bridgehead atoms. The number of nitrogens with zero attached hydrogens (tertiary/aromatic N) is 1. The van der Waals surface area contributed by atoms with Gasteiger partial charge in [0.25, 0.3) is 0 Å². The molecule has 2 unspecified atom stereocenters. The third-order valence-electron chi connectivity index (χ3n) is 3.58. The highest BCUT2D eigenvalue weighted by Crippen LogP contribution is 2.32. The second-order valence-electron chi connectivity index (χ2n) is 4.82. The summed E-state index contributed by atoms with van der Waals surface area (Å²) in [6.45, 7) is 3.95. The molecule has 1 aliphatic rings. The van der Waals surface area contributed by atoms with E-state index in [0.29, 0.717) is 0 Å². The van der Waals surface area contributed by atoms with Crippen LogP contribution in [0.15, 0.2) is 29.2 Å². The van der Waals surface area contributed by atoms with Crippen LogP contribution in [-0.4, -0.2) is 29.9 Å². The van der Waals surface area contributed by atoms with Gasteiger partial charge in [-0.25, -0.2) is 8.42 Å². The Morgan fingerprint density at radius 3 is 2.72 bits per heavy atom. The second-order valence-corrected chi connectivity index (χ2v) is 6.66. The molecule has 0 aliphatic carbocycles. The van der Waals surface area contributed by atoms with Crippen LogP contribution >= 0.6 is 0 Å². The van der Waals surface area contributed by atoms with E-state index in [9.17, 15) is 13.5 Å². The molecular weight excluding hydrogens is 250 g/mol. The summed E-state index contributed by atoms with van der Waals surface area (Å²) in [4.78, 5) is 0.176. The van der Waals surface area contributed by atoms with Gasteiger partial charge in [0.1, 0.15) is 5.75 Å². The van der Waals surface area contributed by atoms with Crippen molar-refractivity contribution >= 4 is 10.0 Å². The molecule has 2 atom stereocenters. The Morgan fingerprint density at radius 2 is 2.11 bits per heavy atom. The molecule has 1 N–H and O–H groups in total. The Bertz CT molecular complexity index is 527. The van der Waals surface area contributed by atoms with Gasteiger partial charge in [0, 0.05) is 12.1 Å². The molecule has 18 heavy (non-hydrogen) atoms. The van der Waals surface area contributed by atoms with Gasteiger partial charge in [0.05, 0.1) is 4.90 Å². The summed E-state index contributed by atoms with van der Waals surface area (Å²) in [6, 6.07) is 5.99. The van der Waals surface area contributed by atoms with Gasteiger partial charge in [-0.15, -0.1) is 0 Å². The van der Waals surface area contributed by atoms with Gasteiger partial charge in [-0.05, 0) is 44.4 Å². The van der Waals surface area contributed by atoms with Crippen molar-refractivity contribution in [2.45, 2.75) is 50.1 Å². The van der Waals surface area contributed by atoms with Crippen LogP contribution < -0.4 is 0 Å². The maximum atomic E-state index is 12.6. The van der Waals surface area contributed by atoms with Crippen molar-refractivity contribution in [1.82, 2.24) is 4.31 Å². The number of sulfonamides is 1. The Morgan fingerprint density at radius 1 is 1.39 bits per heavy atom. The number of benzene rings is 1. The van der Waals surface area contributed by atoms with E-state index in [-0.39, 0.29) is 22.7 Å². The van der Waals surface area contributed by atoms with Crippen molar-refractivity contribution in [2.24, 2.45) is 0 Å². The number of phenolic OH excluding ortho intramolecular Hbond substituents is 1. The minimum Gasteiger partial charge on any atom is -0.508 e. The first-order valence-corrected chi connectivity index (χ1v) is 7.73. The lowest BCUT2D eigenvalue weighted by Crippen LogP contribution is -2.39. The van der Waals surface area contributed by atoms with Crippen LogP contribution in [0.1, 0.15) is 33.1 Å². The third-order valence-corrected chi connectivity index (χ3v) is 5.64. The van der Waals surface area contributed by atoms with Gasteiger partial charge in [0.15, 0.2) is 0 Å². The first kappa shape index (κ1) is 13.4. The lowest BCUT2D eigenvalue weighted by molar-refractivity contribution is 0.328. The molecular formula is C13H19NO3S. The number of rotatable bonds is 3. The molecule has 0 saturated carbocycles. The predicted octanol–water partition coefficient (Wildman–Crippen LogP) is 2.34. The average molecular weight is 269 g/mol. The van der Waals surface area contributed by atoms with Crippen molar-refractivity contribution in [3.63, 3.8) is 0 Å². The zero-order valence-electron chi connectivity index (χ0n) is 10.7. The molecule has 4 nitrogen and oxygen atoms in total. The minimum atomic E-state index is -3.50. The van der Waals surface area contributed by atoms with Gasteiger partial charge in [-0.2, -0.15) is 4.31 Å². The van der Waals surface area contributed by atoms with E-state index in [1.54, 1.807) is 10.4 Å². The minimum absolute atomic E-state index is 0.0176. The monoisotopic (exact) mass is 269 g/mol. The Labute approximate surface area is 108 Å². The second kappa shape index (κ2) is 4.90. The standard InChI is InChI=1S/C13H19NO3S/c1-3-11-8-7-10(2)14(11)18(16,17)13-6-4-5-12(15)9-13/h4-6,9-11,15H,3,7-8H2,1-2H3. The molecule has 1 aromatic carbocycles. The molecule has 1 heterocycles. The highest BCUT2D eigenvalue weighted by atomic mass is 32.2. The molecule has 0 spiro atoms. The molecule has 1 saturated heterocycles. The van der Waals surface area contributed by atoms with Gasteiger partial charge >= 0.3 is 0 Å². The van der Waals surface area contributed by atoms with Crippen molar-refractivity contribution in [1.29, 1.82) is 0 Å². The summed E-state index contributed by atoms with van der Waals surface area (Å²) in [6.07, 6.45) is 2.63. The Balaban J connectivity index is 2.42. The number of hydrogen-bond acceptors (Lipinski definition) is 3. The quantitative estimate of drug-likeness (QED) is 0.916. The SMILES string of the molecule is CCC1CCC(C)N1S(=O)(=O)c1cccc(O)c1. The Kier molecular flexibility index (Phi) is 3.64. The molecule has 2 rings (SSSR count). The molecule has 1 aromatic rings. The summed E-state index contributed by atoms with van der Waals surface area (Å²) in [5, 5.41) is 9.43. The van der Waals surface area contributed by atoms with Gasteiger partial charge in [-0.1, -0.05) is 13.0 Å². The summed E-state index contributed by atoms with van der Waals surface area (Å²) >= 11 is 0. The maximum Gasteiger partial charge on any atom is 0.243 e. The van der Waals surface area contributed by atoms with Crippen molar-refractivity contribution < 1.29 is 13.5 Å². The summed E-state index contributed by atoms with van der Waals surface area (Å²) < 4.78 is 26.8. The Hall–Kier alpha value is -1.07. The van der Waals surface area contributed by atoms with Crippen molar-refractivity contribution in [2.75, 3.05) is 0 Å². The highest BCUT2D eigenvalue weighted by molar-refractivity contribution is 7.89. The topological polar surface area (TPSA) is 57.6 Å². The van der Waals surface area contributed by atoms with E-state index in [2.05, 4.69) is 0 Å². The first-order valence-electron chi connectivity index (χ1n) is 6.29. The lowest BCUT2D eigenvalue weighted by atomic mass is 10.2. The summed E-state index contributed by atoms with van der Waals surface area (Å²) in [7, 11) is -3.50. The number of hydrogen-bond donors (Lipinski definition) is 1. The van der Waals surface area contributed by atoms with Crippen molar-refractivity contribution in [3.05, 3.63) is 24.3 Å². The fourth-order valence-electron chi connectivity index (χ4n) is 2.63. The van der Waals surface area contributed by atoms with E-state index < -0.39 is 10.0 Å². The normalized spacial score (nSPS) is 25.4. The predicted molar refractivity (Wildman–Crippen MR) is 69.9 cm³/mol. The zero-order valence-corrected chi connectivity index (χ0v) is 11.5. The van der Waals surface area contributed by atoms with E-state index in [1.807, 2.05) is 13.8 Å². The fourth-order valence-corrected chi connectivity index (χ4v) is 4.62. The van der Waals surface area contributed by atoms with Crippen LogP contribution in [0.3, 0.4) is 0 Å². The average Bonchev–Trinajstić information content (AvgIpc) is 2.71. The highest BCUT2D eigenvalue weighted by Gasteiger charge is 2.39. The fraction of sp³-hybridized carbons (Fsp3) is 0.538. The lowest BCUT2D eigenvalue weighted by Gasteiger charge is -2.27. The molecule has 100 valence electrons. The molecule has 5 heteroatoms. The van der Waals surface area contributed by atoms with E-state index >= 15 is 0 Å². The van der Waals surface area contributed by atoms with Gasteiger partial charge in [-0.3, -0.25) is 0 Å². The van der Waals surface area contributed by atoms with Gasteiger partial charge < -0.3 is 5.11 Å². The molecule has 0 radical (unpaired) electrons. The largest absolute Gasteiger partial charge is 0.508 e. The van der Waals surface area contributed by atoms with Crippen LogP contribution in [0.25, 0.3) is 0 Å². The van der Waals surface area contributed by atoms with Crippen LogP contribution in [0, 0.1) is 0 Å². The van der Waals surface area contributed by atoms with E-state index in [0.717, 1.165) is 19.3 Å². The maximum absolute atomic E-state index is 12.6. The zero-order chi connectivity index (χ0) is 13.3. The van der Waals surface area contributed by atoms with Crippen LogP contribution in [0.5, 0.6) is 5.75 Å². The smallest absolute Gasteiger partial charge is 0.243 e. The summed E-state index contributed by atoms with van der Waals surface area (Å²) in [5.41, 5.74) is 0. The molecule has 1 aliphatic heterocycles. The summed E-state index contributed by atoms with van der Waals surface area (Å²) in [5.74, 6) is -0.0176. The third kappa shape index (κ3) is 2.24. The van der Waals surface area contributed by atoms with Crippen LogP contribution in [0.2, 0.25) is 0 Å². The van der Waals surface area contributed by atoms with E-state index in [4.69, 9.17) is 0 Å². The number of aromatic hydroxyl groups is 1. The van der Waals surface area contributed by atoms with Gasteiger partial charge in [0.2, 0.25) is 10.0 Å². The van der Waals surface area contributed by atoms with Crippen molar-refractivity contribution in [3.8, 4) is 5.75 Å².